The van der Waals surface area contributed by atoms with Crippen molar-refractivity contribution in [3.63, 3.8) is 0 Å². The van der Waals surface area contributed by atoms with Crippen LogP contribution in [0.5, 0.6) is 5.75 Å². The molecule has 132 valence electrons. The molecule has 2 unspecified atom stereocenters. The third-order valence-corrected chi connectivity index (χ3v) is 5.26. The molecule has 2 aromatic rings. The zero-order valence-electron chi connectivity index (χ0n) is 15.0. The Bertz CT molecular complexity index is 703. The van der Waals surface area contributed by atoms with Crippen molar-refractivity contribution in [2.45, 2.75) is 12.8 Å². The molecule has 2 bridgehead atoms. The van der Waals surface area contributed by atoms with E-state index in [0.29, 0.717) is 0 Å². The topological polar surface area (TPSA) is 28.6 Å². The van der Waals surface area contributed by atoms with Crippen LogP contribution >= 0.6 is 0 Å². The van der Waals surface area contributed by atoms with Gasteiger partial charge in [0.15, 0.2) is 0 Å². The Morgan fingerprint density at radius 2 is 1.96 bits per heavy atom. The maximum atomic E-state index is 5.35. The molecule has 4 heteroatoms. The minimum atomic E-state index is 0. The molecule has 2 atom stereocenters. The number of nitrogens with zero attached hydrogens (tertiary/aromatic N) is 3. The van der Waals surface area contributed by atoms with Gasteiger partial charge in [0, 0.05) is 37.9 Å². The van der Waals surface area contributed by atoms with E-state index in [-0.39, 0.29) is 7.43 Å². The minimum absolute atomic E-state index is 0. The SMILES string of the molecule is COc1cccc(-c2cncc(N3CCN4CCCC(C4)C3)c2)c1.[CH2]. The van der Waals surface area contributed by atoms with Gasteiger partial charge >= 0.3 is 0 Å². The number of methoxy groups -OCH3 is 1. The number of ether oxygens (including phenoxy) is 1. The van der Waals surface area contributed by atoms with Crippen LogP contribution in [0.3, 0.4) is 0 Å². The molecule has 4 rings (SSSR count). The van der Waals surface area contributed by atoms with Gasteiger partial charge in [0.2, 0.25) is 0 Å². The first-order valence-corrected chi connectivity index (χ1v) is 8.88. The molecule has 2 aliphatic heterocycles. The smallest absolute Gasteiger partial charge is 0.119 e. The fourth-order valence-corrected chi connectivity index (χ4v) is 3.96. The van der Waals surface area contributed by atoms with Crippen LogP contribution < -0.4 is 9.64 Å². The number of aromatic nitrogens is 1. The van der Waals surface area contributed by atoms with Crippen LogP contribution in [0.4, 0.5) is 5.69 Å². The number of anilines is 1. The summed E-state index contributed by atoms with van der Waals surface area (Å²) >= 11 is 0. The van der Waals surface area contributed by atoms with Gasteiger partial charge in [0.05, 0.1) is 19.0 Å². The third-order valence-electron chi connectivity index (χ3n) is 5.26. The van der Waals surface area contributed by atoms with E-state index in [4.69, 9.17) is 4.74 Å². The second-order valence-electron chi connectivity index (χ2n) is 6.92. The molecule has 0 aliphatic carbocycles. The second kappa shape index (κ2) is 7.87. The Kier molecular flexibility index (Phi) is 5.59. The lowest BCUT2D eigenvalue weighted by Gasteiger charge is -2.29. The summed E-state index contributed by atoms with van der Waals surface area (Å²) in [5.41, 5.74) is 3.55. The molecule has 25 heavy (non-hydrogen) atoms. The van der Waals surface area contributed by atoms with Crippen molar-refractivity contribution in [2.24, 2.45) is 5.92 Å². The van der Waals surface area contributed by atoms with Crippen LogP contribution in [0.15, 0.2) is 42.7 Å². The molecule has 1 aromatic carbocycles. The van der Waals surface area contributed by atoms with Gasteiger partial charge in [-0.05, 0) is 49.1 Å². The highest BCUT2D eigenvalue weighted by Crippen LogP contribution is 2.29. The molecule has 2 fully saturated rings. The van der Waals surface area contributed by atoms with E-state index in [1.165, 1.54) is 38.2 Å². The third kappa shape index (κ3) is 3.96. The van der Waals surface area contributed by atoms with E-state index in [0.717, 1.165) is 35.9 Å². The van der Waals surface area contributed by atoms with E-state index in [1.807, 2.05) is 24.5 Å². The number of rotatable bonds is 3. The van der Waals surface area contributed by atoms with Crippen molar-refractivity contribution >= 4 is 5.69 Å². The highest BCUT2D eigenvalue weighted by atomic mass is 16.5. The summed E-state index contributed by atoms with van der Waals surface area (Å²) < 4.78 is 5.35. The van der Waals surface area contributed by atoms with Crippen molar-refractivity contribution in [3.05, 3.63) is 50.2 Å². The summed E-state index contributed by atoms with van der Waals surface area (Å²) in [5, 5.41) is 0. The lowest BCUT2D eigenvalue weighted by atomic mass is 9.98. The number of hydrogen-bond acceptors (Lipinski definition) is 4. The van der Waals surface area contributed by atoms with Gasteiger partial charge < -0.3 is 14.5 Å². The number of piperidine rings is 1. The largest absolute Gasteiger partial charge is 0.497 e. The maximum Gasteiger partial charge on any atom is 0.119 e. The molecule has 2 aliphatic rings. The molecule has 2 saturated heterocycles. The predicted molar refractivity (Wildman–Crippen MR) is 103 cm³/mol. The van der Waals surface area contributed by atoms with Crippen LogP contribution in [0.2, 0.25) is 0 Å². The highest BCUT2D eigenvalue weighted by molar-refractivity contribution is 5.68. The van der Waals surface area contributed by atoms with Gasteiger partial charge in [0.1, 0.15) is 5.75 Å². The standard InChI is InChI=1S/C20H25N3O.CH2/c1-24-20-6-2-5-17(11-20)18-10-19(13-21-12-18)23-9-8-22-7-3-4-16(14-22)15-23;/h2,5-6,10-13,16H,3-4,7-9,14-15H2,1H3;1H2. The average Bonchev–Trinajstić information content (AvgIpc) is 2.79. The Labute approximate surface area is 151 Å². The summed E-state index contributed by atoms with van der Waals surface area (Å²) in [6.07, 6.45) is 6.66. The highest BCUT2D eigenvalue weighted by Gasteiger charge is 2.26. The van der Waals surface area contributed by atoms with E-state index in [2.05, 4.69) is 33.0 Å². The van der Waals surface area contributed by atoms with Gasteiger partial charge in [-0.15, -0.1) is 0 Å². The van der Waals surface area contributed by atoms with Crippen molar-refractivity contribution in [1.82, 2.24) is 9.88 Å². The molecular formula is C21H27N3O. The Morgan fingerprint density at radius 1 is 1.04 bits per heavy atom. The molecule has 0 amide bonds. The van der Waals surface area contributed by atoms with Crippen LogP contribution in [0, 0.1) is 13.3 Å². The second-order valence-corrected chi connectivity index (χ2v) is 6.92. The van der Waals surface area contributed by atoms with Crippen LogP contribution in [0.1, 0.15) is 12.8 Å². The Morgan fingerprint density at radius 3 is 2.84 bits per heavy atom. The van der Waals surface area contributed by atoms with Crippen LogP contribution in [-0.2, 0) is 0 Å². The lowest BCUT2D eigenvalue weighted by molar-refractivity contribution is 0.201. The first-order chi connectivity index (χ1) is 11.8. The van der Waals surface area contributed by atoms with E-state index in [1.54, 1.807) is 7.11 Å². The molecule has 0 saturated carbocycles. The van der Waals surface area contributed by atoms with Crippen LogP contribution in [-0.4, -0.2) is 49.7 Å². The quantitative estimate of drug-likeness (QED) is 0.855. The van der Waals surface area contributed by atoms with Gasteiger partial charge in [-0.3, -0.25) is 4.98 Å². The molecule has 0 N–H and O–H groups in total. The monoisotopic (exact) mass is 337 g/mol. The van der Waals surface area contributed by atoms with Gasteiger partial charge in [-0.2, -0.15) is 0 Å². The first-order valence-electron chi connectivity index (χ1n) is 8.88. The van der Waals surface area contributed by atoms with E-state index < -0.39 is 0 Å². The first kappa shape index (κ1) is 17.7. The zero-order chi connectivity index (χ0) is 16.4. The van der Waals surface area contributed by atoms with Crippen molar-refractivity contribution < 1.29 is 4.74 Å². The molecule has 3 heterocycles. The molecule has 0 spiro atoms. The minimum Gasteiger partial charge on any atom is -0.497 e. The lowest BCUT2D eigenvalue weighted by Crippen LogP contribution is -2.35. The van der Waals surface area contributed by atoms with Gasteiger partial charge in [-0.1, -0.05) is 19.6 Å². The number of fused-ring (bicyclic) bond motifs is 2. The number of pyridine rings is 1. The van der Waals surface area contributed by atoms with E-state index in [9.17, 15) is 0 Å². The summed E-state index contributed by atoms with van der Waals surface area (Å²) in [6, 6.07) is 10.5. The maximum absolute atomic E-state index is 5.35. The fraction of sp³-hybridized carbons (Fsp3) is 0.429. The van der Waals surface area contributed by atoms with Crippen molar-refractivity contribution in [3.8, 4) is 16.9 Å². The van der Waals surface area contributed by atoms with Crippen molar-refractivity contribution in [2.75, 3.05) is 44.7 Å². The molecular weight excluding hydrogens is 310 g/mol. The normalized spacial score (nSPS) is 22.7. The average molecular weight is 337 g/mol. The molecule has 1 aromatic heterocycles. The summed E-state index contributed by atoms with van der Waals surface area (Å²) in [6.45, 7) is 5.95. The predicted octanol–water partition coefficient (Wildman–Crippen LogP) is 3.62. The van der Waals surface area contributed by atoms with Gasteiger partial charge in [0.25, 0.3) is 0 Å². The van der Waals surface area contributed by atoms with Gasteiger partial charge in [-0.25, -0.2) is 0 Å². The summed E-state index contributed by atoms with van der Waals surface area (Å²) in [4.78, 5) is 9.65. The fourth-order valence-electron chi connectivity index (χ4n) is 3.96. The summed E-state index contributed by atoms with van der Waals surface area (Å²) in [7, 11) is 1.71. The molecule has 2 radical (unpaired) electrons. The van der Waals surface area contributed by atoms with Crippen LogP contribution in [0.25, 0.3) is 11.1 Å². The number of hydrogen-bond donors (Lipinski definition) is 0. The molecule has 4 nitrogen and oxygen atoms in total. The number of benzene rings is 1. The Balaban J connectivity index is 0.00000182. The van der Waals surface area contributed by atoms with E-state index >= 15 is 0 Å². The van der Waals surface area contributed by atoms with Crippen molar-refractivity contribution in [1.29, 1.82) is 0 Å². The Hall–Kier alpha value is -2.07. The summed E-state index contributed by atoms with van der Waals surface area (Å²) in [5.74, 6) is 1.68. The zero-order valence-corrected chi connectivity index (χ0v) is 15.0.